The van der Waals surface area contributed by atoms with Gasteiger partial charge in [-0.3, -0.25) is 24.0 Å². The SMILES string of the molecule is COC(=O)CCCCCN(C(=O)CNC(=O)[C@@H](C)NC(=O)[C@H](N)Cc1c(C)cc(O)cc1C)[C@@H](Cc1ccccc1)C(N)=O. The first-order valence-corrected chi connectivity index (χ1v) is 14.7. The molecule has 0 aliphatic carbocycles. The van der Waals surface area contributed by atoms with Crippen LogP contribution in [-0.4, -0.2) is 77.9 Å². The third kappa shape index (κ3) is 11.3. The van der Waals surface area contributed by atoms with E-state index in [0.29, 0.717) is 19.3 Å². The number of carbonyl (C=O) groups excluding carboxylic acids is 5. The van der Waals surface area contributed by atoms with Crippen molar-refractivity contribution >= 4 is 29.6 Å². The number of unbranched alkanes of at least 4 members (excludes halogenated alkanes) is 2. The number of aromatic hydroxyl groups is 1. The first-order chi connectivity index (χ1) is 20.8. The number of phenolic OH excluding ortho intramolecular Hbond substituents is 1. The third-order valence-electron chi connectivity index (χ3n) is 7.41. The molecule has 2 aromatic rings. The number of benzene rings is 2. The number of aryl methyl sites for hydroxylation is 2. The maximum atomic E-state index is 13.4. The summed E-state index contributed by atoms with van der Waals surface area (Å²) in [5.74, 6) is -2.55. The maximum Gasteiger partial charge on any atom is 0.305 e. The van der Waals surface area contributed by atoms with Gasteiger partial charge in [-0.25, -0.2) is 0 Å². The van der Waals surface area contributed by atoms with Crippen LogP contribution in [0.3, 0.4) is 0 Å². The number of nitrogens with one attached hydrogen (secondary N) is 2. The summed E-state index contributed by atoms with van der Waals surface area (Å²) in [4.78, 5) is 64.2. The van der Waals surface area contributed by atoms with Crippen molar-refractivity contribution in [3.05, 3.63) is 64.7 Å². The number of nitrogens with two attached hydrogens (primary N) is 2. The van der Waals surface area contributed by atoms with Crippen molar-refractivity contribution in [3.63, 3.8) is 0 Å². The molecule has 0 heterocycles. The van der Waals surface area contributed by atoms with Gasteiger partial charge in [-0.15, -0.1) is 0 Å². The molecule has 0 fully saturated rings. The van der Waals surface area contributed by atoms with Gasteiger partial charge in [-0.2, -0.15) is 0 Å². The molecule has 0 spiro atoms. The fourth-order valence-electron chi connectivity index (χ4n) is 4.89. The van der Waals surface area contributed by atoms with Gasteiger partial charge < -0.3 is 36.8 Å². The van der Waals surface area contributed by atoms with E-state index < -0.39 is 48.3 Å². The van der Waals surface area contributed by atoms with Crippen molar-refractivity contribution < 1.29 is 33.8 Å². The van der Waals surface area contributed by atoms with Gasteiger partial charge in [-0.05, 0) is 74.4 Å². The standard InChI is InChI=1S/C32H45N5O7/c1-20-15-24(38)16-21(2)25(20)18-26(33)32(43)36-22(3)31(42)35-19-28(39)37(14-10-6-9-13-29(40)44-4)27(30(34)41)17-23-11-7-5-8-12-23/h5,7-8,11-12,15-16,22,26-27,38H,6,9-10,13-14,17-19,33H2,1-4H3,(H2,34,41)(H,35,42)(H,36,43)/t22-,26-,27+/m1/s1. The van der Waals surface area contributed by atoms with Crippen molar-refractivity contribution in [2.24, 2.45) is 11.5 Å². The van der Waals surface area contributed by atoms with Crippen molar-refractivity contribution in [1.82, 2.24) is 15.5 Å². The fourth-order valence-corrected chi connectivity index (χ4v) is 4.89. The van der Waals surface area contributed by atoms with Gasteiger partial charge in [0.1, 0.15) is 17.8 Å². The molecule has 3 atom stereocenters. The number of hydrogen-bond acceptors (Lipinski definition) is 8. The zero-order valence-electron chi connectivity index (χ0n) is 25.9. The average Bonchev–Trinajstić information content (AvgIpc) is 2.98. The number of esters is 1. The van der Waals surface area contributed by atoms with E-state index in [4.69, 9.17) is 11.5 Å². The highest BCUT2D eigenvalue weighted by Crippen LogP contribution is 2.22. The number of methoxy groups -OCH3 is 1. The predicted molar refractivity (Wildman–Crippen MR) is 165 cm³/mol. The van der Waals surface area contributed by atoms with Crippen LogP contribution in [0.2, 0.25) is 0 Å². The molecule has 12 heteroatoms. The second-order valence-corrected chi connectivity index (χ2v) is 10.9. The monoisotopic (exact) mass is 611 g/mol. The highest BCUT2D eigenvalue weighted by molar-refractivity contribution is 5.93. The number of amides is 4. The first kappa shape index (κ1) is 35.7. The van der Waals surface area contributed by atoms with Crippen molar-refractivity contribution in [3.8, 4) is 5.75 Å². The second kappa shape index (κ2) is 17.6. The van der Waals surface area contributed by atoms with Gasteiger partial charge in [0.05, 0.1) is 19.7 Å². The Bertz CT molecular complexity index is 1280. The summed E-state index contributed by atoms with van der Waals surface area (Å²) >= 11 is 0. The van der Waals surface area contributed by atoms with Crippen LogP contribution in [0.5, 0.6) is 5.75 Å². The van der Waals surface area contributed by atoms with E-state index in [1.165, 1.54) is 18.9 Å². The smallest absolute Gasteiger partial charge is 0.305 e. The number of phenols is 1. The van der Waals surface area contributed by atoms with E-state index in [1.54, 1.807) is 12.1 Å². The second-order valence-electron chi connectivity index (χ2n) is 10.9. The lowest BCUT2D eigenvalue weighted by molar-refractivity contribution is -0.141. The lowest BCUT2D eigenvalue weighted by Crippen LogP contribution is -2.54. The molecular weight excluding hydrogens is 566 g/mol. The third-order valence-corrected chi connectivity index (χ3v) is 7.41. The largest absolute Gasteiger partial charge is 0.508 e. The molecule has 7 N–H and O–H groups in total. The van der Waals surface area contributed by atoms with E-state index in [-0.39, 0.29) is 37.5 Å². The highest BCUT2D eigenvalue weighted by atomic mass is 16.5. The van der Waals surface area contributed by atoms with E-state index in [9.17, 15) is 29.1 Å². The lowest BCUT2D eigenvalue weighted by Gasteiger charge is -2.30. The summed E-state index contributed by atoms with van der Waals surface area (Å²) in [6.07, 6.45) is 2.30. The van der Waals surface area contributed by atoms with Gasteiger partial charge in [0.25, 0.3) is 0 Å². The number of rotatable bonds is 17. The van der Waals surface area contributed by atoms with Crippen LogP contribution >= 0.6 is 0 Å². The number of nitrogens with zero attached hydrogens (tertiary/aromatic N) is 1. The minimum absolute atomic E-state index is 0.126. The molecule has 0 radical (unpaired) electrons. The van der Waals surface area contributed by atoms with Crippen LogP contribution < -0.4 is 22.1 Å². The first-order valence-electron chi connectivity index (χ1n) is 14.7. The highest BCUT2D eigenvalue weighted by Gasteiger charge is 2.29. The van der Waals surface area contributed by atoms with Crippen LogP contribution in [0, 0.1) is 13.8 Å². The molecule has 240 valence electrons. The summed E-state index contributed by atoms with van der Waals surface area (Å²) in [5.41, 5.74) is 15.1. The molecule has 4 amide bonds. The lowest BCUT2D eigenvalue weighted by atomic mass is 9.96. The minimum Gasteiger partial charge on any atom is -0.508 e. The fraction of sp³-hybridized carbons (Fsp3) is 0.469. The van der Waals surface area contributed by atoms with Crippen LogP contribution in [0.4, 0.5) is 0 Å². The van der Waals surface area contributed by atoms with E-state index in [2.05, 4.69) is 15.4 Å². The molecule has 0 saturated carbocycles. The normalized spacial score (nSPS) is 12.8. The number of ether oxygens (including phenoxy) is 1. The zero-order valence-corrected chi connectivity index (χ0v) is 25.9. The quantitative estimate of drug-likeness (QED) is 0.130. The minimum atomic E-state index is -0.994. The Morgan fingerprint density at radius 1 is 0.955 bits per heavy atom. The van der Waals surface area contributed by atoms with Crippen molar-refractivity contribution in [2.75, 3.05) is 20.2 Å². The van der Waals surface area contributed by atoms with Crippen LogP contribution in [0.1, 0.15) is 54.9 Å². The van der Waals surface area contributed by atoms with Gasteiger partial charge in [0.15, 0.2) is 0 Å². The summed E-state index contributed by atoms with van der Waals surface area (Å²) in [6, 6.07) is 9.43. The molecule has 0 aliphatic rings. The molecule has 0 saturated heterocycles. The van der Waals surface area contributed by atoms with E-state index in [0.717, 1.165) is 22.3 Å². The summed E-state index contributed by atoms with van der Waals surface area (Å²) in [6.45, 7) is 4.87. The average molecular weight is 612 g/mol. The summed E-state index contributed by atoms with van der Waals surface area (Å²) in [5, 5.41) is 14.9. The maximum absolute atomic E-state index is 13.4. The Labute approximate surface area is 258 Å². The van der Waals surface area contributed by atoms with E-state index in [1.807, 2.05) is 44.2 Å². The molecule has 12 nitrogen and oxygen atoms in total. The van der Waals surface area contributed by atoms with Gasteiger partial charge in [0, 0.05) is 19.4 Å². The van der Waals surface area contributed by atoms with Crippen LogP contribution in [-0.2, 0) is 41.6 Å². The molecule has 0 aromatic heterocycles. The summed E-state index contributed by atoms with van der Waals surface area (Å²) in [7, 11) is 1.32. The Balaban J connectivity index is 2.02. The Morgan fingerprint density at radius 3 is 2.18 bits per heavy atom. The molecule has 2 aromatic carbocycles. The molecule has 44 heavy (non-hydrogen) atoms. The van der Waals surface area contributed by atoms with Crippen LogP contribution in [0.15, 0.2) is 42.5 Å². The van der Waals surface area contributed by atoms with E-state index >= 15 is 0 Å². The molecule has 2 rings (SSSR count). The summed E-state index contributed by atoms with van der Waals surface area (Å²) < 4.78 is 4.66. The molecule has 0 bridgehead atoms. The Morgan fingerprint density at radius 2 is 1.59 bits per heavy atom. The van der Waals surface area contributed by atoms with Crippen LogP contribution in [0.25, 0.3) is 0 Å². The number of carbonyl (C=O) groups is 5. The number of hydrogen-bond donors (Lipinski definition) is 5. The molecule has 0 aliphatic heterocycles. The molecular formula is C32H45N5O7. The zero-order chi connectivity index (χ0) is 32.8. The predicted octanol–water partition coefficient (Wildman–Crippen LogP) is 1.16. The Kier molecular flexibility index (Phi) is 14.3. The topological polar surface area (TPSA) is 194 Å². The number of primary amides is 1. The van der Waals surface area contributed by atoms with Gasteiger partial charge in [0.2, 0.25) is 23.6 Å². The van der Waals surface area contributed by atoms with Crippen molar-refractivity contribution in [1.29, 1.82) is 0 Å². The Hall–Kier alpha value is -4.45. The van der Waals surface area contributed by atoms with Crippen molar-refractivity contribution in [2.45, 2.75) is 77.4 Å². The molecule has 0 unspecified atom stereocenters. The van der Waals surface area contributed by atoms with Gasteiger partial charge >= 0.3 is 5.97 Å². The van der Waals surface area contributed by atoms with Gasteiger partial charge in [-0.1, -0.05) is 36.8 Å².